The number of nitrogens with one attached hydrogen (secondary N) is 1. The van der Waals surface area contributed by atoms with Gasteiger partial charge in [0, 0.05) is 33.4 Å². The van der Waals surface area contributed by atoms with Gasteiger partial charge in [0.2, 0.25) is 0 Å². The molecular weight excluding hydrogens is 296 g/mol. The lowest BCUT2D eigenvalue weighted by Crippen LogP contribution is -2.41. The van der Waals surface area contributed by atoms with Gasteiger partial charge in [0.1, 0.15) is 0 Å². The van der Waals surface area contributed by atoms with Crippen molar-refractivity contribution in [3.8, 4) is 0 Å². The first-order valence-corrected chi connectivity index (χ1v) is 7.64. The summed E-state index contributed by atoms with van der Waals surface area (Å²) in [4.78, 5) is 5.00. The average molecular weight is 319 g/mol. The van der Waals surface area contributed by atoms with Crippen LogP contribution in [0.2, 0.25) is 0 Å². The van der Waals surface area contributed by atoms with Gasteiger partial charge in [0.15, 0.2) is 0 Å². The summed E-state index contributed by atoms with van der Waals surface area (Å²) < 4.78 is 1.23. The van der Waals surface area contributed by atoms with Gasteiger partial charge in [-0.1, -0.05) is 13.8 Å². The van der Waals surface area contributed by atoms with E-state index in [0.29, 0.717) is 12.0 Å². The van der Waals surface area contributed by atoms with Crippen molar-refractivity contribution < 1.29 is 0 Å². The van der Waals surface area contributed by atoms with Gasteiger partial charge in [0.25, 0.3) is 0 Å². The summed E-state index contributed by atoms with van der Waals surface area (Å²) in [5, 5.41) is 3.66. The normalized spacial score (nSPS) is 13.6. The van der Waals surface area contributed by atoms with E-state index in [0.717, 1.165) is 13.1 Å². The molecule has 1 aromatic rings. The number of rotatable bonds is 6. The van der Waals surface area contributed by atoms with Crippen LogP contribution in [-0.4, -0.2) is 31.6 Å². The lowest BCUT2D eigenvalue weighted by molar-refractivity contribution is 0.288. The highest BCUT2D eigenvalue weighted by atomic mass is 79.9. The molecule has 1 atom stereocenters. The standard InChI is InChI=1S/C13H23BrN2S/c1-9(2)13(8-16(4)5)15-7-11-6-12(14)10(3)17-11/h6,9,13,15H,7-8H2,1-5H3. The largest absolute Gasteiger partial charge is 0.308 e. The van der Waals surface area contributed by atoms with E-state index in [1.807, 2.05) is 11.3 Å². The number of thiophene rings is 1. The molecule has 17 heavy (non-hydrogen) atoms. The van der Waals surface area contributed by atoms with Gasteiger partial charge in [-0.05, 0) is 48.9 Å². The number of likely N-dealkylation sites (N-methyl/N-ethyl adjacent to an activating group) is 1. The van der Waals surface area contributed by atoms with Crippen molar-refractivity contribution in [3.63, 3.8) is 0 Å². The number of nitrogens with zero attached hydrogens (tertiary/aromatic N) is 1. The molecule has 1 unspecified atom stereocenters. The molecule has 2 nitrogen and oxygen atoms in total. The molecule has 0 aromatic carbocycles. The molecule has 1 rings (SSSR count). The molecule has 0 amide bonds. The number of aryl methyl sites for hydroxylation is 1. The number of hydrogen-bond acceptors (Lipinski definition) is 3. The summed E-state index contributed by atoms with van der Waals surface area (Å²) in [5.74, 6) is 0.655. The molecule has 0 saturated carbocycles. The van der Waals surface area contributed by atoms with Crippen LogP contribution in [-0.2, 0) is 6.54 Å². The van der Waals surface area contributed by atoms with Gasteiger partial charge < -0.3 is 10.2 Å². The molecule has 0 spiro atoms. The van der Waals surface area contributed by atoms with E-state index >= 15 is 0 Å². The van der Waals surface area contributed by atoms with E-state index < -0.39 is 0 Å². The Bertz CT molecular complexity index is 328. The minimum Gasteiger partial charge on any atom is -0.308 e. The Morgan fingerprint density at radius 2 is 2.06 bits per heavy atom. The molecular formula is C13H23BrN2S. The molecule has 1 heterocycles. The third-order valence-electron chi connectivity index (χ3n) is 2.81. The van der Waals surface area contributed by atoms with Gasteiger partial charge in [-0.2, -0.15) is 0 Å². The molecule has 0 aliphatic heterocycles. The highest BCUT2D eigenvalue weighted by Gasteiger charge is 2.14. The predicted octanol–water partition coefficient (Wildman–Crippen LogP) is 3.49. The summed E-state index contributed by atoms with van der Waals surface area (Å²) in [6, 6.07) is 2.77. The van der Waals surface area contributed by atoms with Crippen LogP contribution < -0.4 is 5.32 Å². The van der Waals surface area contributed by atoms with E-state index in [9.17, 15) is 0 Å². The highest BCUT2D eigenvalue weighted by molar-refractivity contribution is 9.10. The Kier molecular flexibility index (Phi) is 6.13. The van der Waals surface area contributed by atoms with Crippen molar-refractivity contribution >= 4 is 27.3 Å². The molecule has 0 radical (unpaired) electrons. The summed E-state index contributed by atoms with van der Waals surface area (Å²) in [6.07, 6.45) is 0. The second-order valence-electron chi connectivity index (χ2n) is 5.11. The Balaban J connectivity index is 2.51. The summed E-state index contributed by atoms with van der Waals surface area (Å²) >= 11 is 5.43. The van der Waals surface area contributed by atoms with Gasteiger partial charge in [-0.3, -0.25) is 0 Å². The minimum atomic E-state index is 0.547. The summed E-state index contributed by atoms with van der Waals surface area (Å²) in [7, 11) is 4.26. The Morgan fingerprint density at radius 1 is 1.41 bits per heavy atom. The first-order valence-electron chi connectivity index (χ1n) is 6.03. The average Bonchev–Trinajstić information content (AvgIpc) is 2.52. The SMILES string of the molecule is Cc1sc(CNC(CN(C)C)C(C)C)cc1Br. The van der Waals surface area contributed by atoms with E-state index in [2.05, 4.69) is 67.1 Å². The maximum Gasteiger partial charge on any atom is 0.0314 e. The third-order valence-corrected chi connectivity index (χ3v) is 4.95. The first kappa shape index (κ1) is 15.2. The van der Waals surface area contributed by atoms with E-state index in [1.54, 1.807) is 0 Å². The highest BCUT2D eigenvalue weighted by Crippen LogP contribution is 2.26. The third kappa shape index (κ3) is 5.08. The van der Waals surface area contributed by atoms with Crippen molar-refractivity contribution in [2.45, 2.75) is 33.4 Å². The monoisotopic (exact) mass is 318 g/mol. The van der Waals surface area contributed by atoms with Crippen molar-refractivity contribution in [1.29, 1.82) is 0 Å². The molecule has 0 saturated heterocycles. The predicted molar refractivity (Wildman–Crippen MR) is 80.8 cm³/mol. The van der Waals surface area contributed by atoms with E-state index in [4.69, 9.17) is 0 Å². The maximum absolute atomic E-state index is 3.66. The van der Waals surface area contributed by atoms with E-state index in [1.165, 1.54) is 14.2 Å². The number of halogens is 1. The van der Waals surface area contributed by atoms with Gasteiger partial charge in [0.05, 0.1) is 0 Å². The van der Waals surface area contributed by atoms with Gasteiger partial charge in [-0.25, -0.2) is 0 Å². The fourth-order valence-corrected chi connectivity index (χ4v) is 3.29. The van der Waals surface area contributed by atoms with Crippen molar-refractivity contribution in [2.24, 2.45) is 5.92 Å². The van der Waals surface area contributed by atoms with Crippen LogP contribution in [0.3, 0.4) is 0 Å². The molecule has 1 N–H and O–H groups in total. The zero-order chi connectivity index (χ0) is 13.0. The topological polar surface area (TPSA) is 15.3 Å². The molecule has 0 bridgehead atoms. The van der Waals surface area contributed by atoms with Crippen LogP contribution in [0.1, 0.15) is 23.6 Å². The van der Waals surface area contributed by atoms with Gasteiger partial charge in [-0.15, -0.1) is 11.3 Å². The molecule has 98 valence electrons. The van der Waals surface area contributed by atoms with Crippen molar-refractivity contribution in [1.82, 2.24) is 10.2 Å². The second kappa shape index (κ2) is 6.88. The van der Waals surface area contributed by atoms with Crippen molar-refractivity contribution in [2.75, 3.05) is 20.6 Å². The lowest BCUT2D eigenvalue weighted by atomic mass is 10.0. The summed E-state index contributed by atoms with van der Waals surface area (Å²) in [5.41, 5.74) is 0. The van der Waals surface area contributed by atoms with Gasteiger partial charge >= 0.3 is 0 Å². The summed E-state index contributed by atoms with van der Waals surface area (Å²) in [6.45, 7) is 8.75. The lowest BCUT2D eigenvalue weighted by Gasteiger charge is -2.25. The molecule has 4 heteroatoms. The minimum absolute atomic E-state index is 0.547. The maximum atomic E-state index is 3.66. The van der Waals surface area contributed by atoms with Crippen molar-refractivity contribution in [3.05, 3.63) is 20.3 Å². The molecule has 0 aliphatic rings. The smallest absolute Gasteiger partial charge is 0.0314 e. The van der Waals surface area contributed by atoms with E-state index in [-0.39, 0.29) is 0 Å². The molecule has 0 fully saturated rings. The van der Waals surface area contributed by atoms with Crippen LogP contribution in [0.15, 0.2) is 10.5 Å². The molecule has 1 aromatic heterocycles. The van der Waals surface area contributed by atoms with Crippen LogP contribution >= 0.6 is 27.3 Å². The zero-order valence-corrected chi connectivity index (χ0v) is 13.8. The van der Waals surface area contributed by atoms with Crippen LogP contribution in [0.5, 0.6) is 0 Å². The van der Waals surface area contributed by atoms with Crippen LogP contribution in [0, 0.1) is 12.8 Å². The zero-order valence-electron chi connectivity index (χ0n) is 11.4. The second-order valence-corrected chi connectivity index (χ2v) is 7.31. The molecule has 0 aliphatic carbocycles. The number of hydrogen-bond donors (Lipinski definition) is 1. The fourth-order valence-electron chi connectivity index (χ4n) is 1.74. The fraction of sp³-hybridized carbons (Fsp3) is 0.692. The Morgan fingerprint density at radius 3 is 2.47 bits per heavy atom. The van der Waals surface area contributed by atoms with Crippen LogP contribution in [0.4, 0.5) is 0 Å². The van der Waals surface area contributed by atoms with Crippen LogP contribution in [0.25, 0.3) is 0 Å². The first-order chi connectivity index (χ1) is 7.90. The Labute approximate surface area is 118 Å². The Hall–Kier alpha value is 0.100. The quantitative estimate of drug-likeness (QED) is 0.863.